The highest BCUT2D eigenvalue weighted by Gasteiger charge is 2.15. The Labute approximate surface area is 134 Å². The highest BCUT2D eigenvalue weighted by Crippen LogP contribution is 2.24. The number of hydrogen-bond donors (Lipinski definition) is 0. The van der Waals surface area contributed by atoms with E-state index in [-0.39, 0.29) is 0 Å². The number of aromatic nitrogens is 4. The van der Waals surface area contributed by atoms with Crippen LogP contribution in [0.25, 0.3) is 11.4 Å². The van der Waals surface area contributed by atoms with Gasteiger partial charge in [0, 0.05) is 25.5 Å². The third-order valence-electron chi connectivity index (χ3n) is 4.03. The maximum absolute atomic E-state index is 4.67. The van der Waals surface area contributed by atoms with Crippen molar-refractivity contribution in [3.63, 3.8) is 0 Å². The van der Waals surface area contributed by atoms with Gasteiger partial charge in [-0.25, -0.2) is 9.67 Å². The van der Waals surface area contributed by atoms with Gasteiger partial charge in [-0.3, -0.25) is 4.98 Å². The molecule has 0 spiro atoms. The predicted molar refractivity (Wildman–Crippen MR) is 90.4 cm³/mol. The van der Waals surface area contributed by atoms with E-state index >= 15 is 0 Å². The van der Waals surface area contributed by atoms with Crippen LogP contribution in [0.2, 0.25) is 0 Å². The molecule has 0 N–H and O–H groups in total. The van der Waals surface area contributed by atoms with Crippen LogP contribution in [0.4, 0.5) is 5.82 Å². The van der Waals surface area contributed by atoms with Gasteiger partial charge >= 0.3 is 0 Å². The van der Waals surface area contributed by atoms with Crippen LogP contribution in [0, 0.1) is 0 Å². The Balaban J connectivity index is 1.55. The van der Waals surface area contributed by atoms with E-state index in [1.165, 1.54) is 11.1 Å². The van der Waals surface area contributed by atoms with Crippen LogP contribution in [0.15, 0.2) is 67.3 Å². The van der Waals surface area contributed by atoms with Crippen molar-refractivity contribution in [3.8, 4) is 5.82 Å². The zero-order chi connectivity index (χ0) is 15.5. The average Bonchev–Trinajstić information content (AvgIpc) is 3.18. The second-order valence-electron chi connectivity index (χ2n) is 5.48. The molecule has 23 heavy (non-hydrogen) atoms. The minimum absolute atomic E-state index is 0.741. The van der Waals surface area contributed by atoms with Crippen molar-refractivity contribution in [2.24, 2.45) is 0 Å². The molecule has 3 aromatic rings. The number of anilines is 1. The van der Waals surface area contributed by atoms with E-state index in [4.69, 9.17) is 0 Å². The van der Waals surface area contributed by atoms with E-state index in [0.29, 0.717) is 0 Å². The van der Waals surface area contributed by atoms with Crippen molar-refractivity contribution < 1.29 is 0 Å². The van der Waals surface area contributed by atoms with Crippen LogP contribution in [0.3, 0.4) is 0 Å². The van der Waals surface area contributed by atoms with Gasteiger partial charge in [0.15, 0.2) is 5.82 Å². The Kier molecular flexibility index (Phi) is 3.60. The first kappa shape index (κ1) is 13.7. The largest absolute Gasteiger partial charge is 0.351 e. The summed E-state index contributed by atoms with van der Waals surface area (Å²) in [6, 6.07) is 12.4. The lowest BCUT2D eigenvalue weighted by Crippen LogP contribution is -2.29. The van der Waals surface area contributed by atoms with E-state index in [9.17, 15) is 0 Å². The van der Waals surface area contributed by atoms with Gasteiger partial charge in [-0.05, 0) is 23.6 Å². The van der Waals surface area contributed by atoms with Gasteiger partial charge in [0.1, 0.15) is 5.82 Å². The Morgan fingerprint density at radius 2 is 1.83 bits per heavy atom. The fourth-order valence-electron chi connectivity index (χ4n) is 2.80. The van der Waals surface area contributed by atoms with E-state index in [1.54, 1.807) is 17.1 Å². The van der Waals surface area contributed by atoms with Crippen molar-refractivity contribution >= 4 is 11.4 Å². The van der Waals surface area contributed by atoms with Crippen molar-refractivity contribution in [1.29, 1.82) is 0 Å². The molecule has 5 nitrogen and oxygen atoms in total. The highest BCUT2D eigenvalue weighted by molar-refractivity contribution is 5.68. The molecular weight excluding hydrogens is 286 g/mol. The molecule has 0 radical (unpaired) electrons. The topological polar surface area (TPSA) is 46.8 Å². The molecule has 0 bridgehead atoms. The number of rotatable bonds is 3. The summed E-state index contributed by atoms with van der Waals surface area (Å²) in [6.45, 7) is 1.79. The molecule has 5 heteroatoms. The molecule has 3 heterocycles. The molecule has 114 valence electrons. The SMILES string of the molecule is C1=C(c2ccccc2)CCN(c2cncc(-n3cccn3)n2)C1. The van der Waals surface area contributed by atoms with Crippen molar-refractivity contribution in [2.45, 2.75) is 6.42 Å². The minimum Gasteiger partial charge on any atom is -0.351 e. The zero-order valence-electron chi connectivity index (χ0n) is 12.7. The second-order valence-corrected chi connectivity index (χ2v) is 5.48. The molecule has 0 amide bonds. The summed E-state index contributed by atoms with van der Waals surface area (Å²) >= 11 is 0. The summed E-state index contributed by atoms with van der Waals surface area (Å²) in [4.78, 5) is 11.2. The fraction of sp³-hybridized carbons (Fsp3) is 0.167. The predicted octanol–water partition coefficient (Wildman–Crippen LogP) is 2.96. The van der Waals surface area contributed by atoms with Crippen molar-refractivity contribution in [1.82, 2.24) is 19.7 Å². The maximum Gasteiger partial charge on any atom is 0.173 e. The van der Waals surface area contributed by atoms with E-state index in [2.05, 4.69) is 56.4 Å². The molecule has 1 aliphatic rings. The van der Waals surface area contributed by atoms with Crippen LogP contribution in [-0.4, -0.2) is 32.8 Å². The van der Waals surface area contributed by atoms with Gasteiger partial charge in [0.05, 0.1) is 12.4 Å². The third-order valence-corrected chi connectivity index (χ3v) is 4.03. The Morgan fingerprint density at radius 3 is 2.57 bits per heavy atom. The van der Waals surface area contributed by atoms with Crippen LogP contribution in [-0.2, 0) is 0 Å². The van der Waals surface area contributed by atoms with Crippen LogP contribution < -0.4 is 4.90 Å². The van der Waals surface area contributed by atoms with Gasteiger partial charge in [0.25, 0.3) is 0 Å². The molecule has 1 aromatic carbocycles. The number of benzene rings is 1. The lowest BCUT2D eigenvalue weighted by atomic mass is 10.00. The fourth-order valence-corrected chi connectivity index (χ4v) is 2.80. The highest BCUT2D eigenvalue weighted by atomic mass is 15.3. The molecule has 4 rings (SSSR count). The lowest BCUT2D eigenvalue weighted by molar-refractivity contribution is 0.788. The smallest absolute Gasteiger partial charge is 0.173 e. The average molecular weight is 303 g/mol. The first-order valence-corrected chi connectivity index (χ1v) is 7.71. The van der Waals surface area contributed by atoms with Gasteiger partial charge < -0.3 is 4.90 Å². The van der Waals surface area contributed by atoms with Gasteiger partial charge in [0.2, 0.25) is 0 Å². The molecule has 0 atom stereocenters. The minimum atomic E-state index is 0.741. The first-order chi connectivity index (χ1) is 11.4. The normalized spacial score (nSPS) is 14.6. The molecule has 0 unspecified atom stereocenters. The van der Waals surface area contributed by atoms with Crippen LogP contribution in [0.1, 0.15) is 12.0 Å². The maximum atomic E-state index is 4.67. The summed E-state index contributed by atoms with van der Waals surface area (Å²) in [5, 5.41) is 4.21. The lowest BCUT2D eigenvalue weighted by Gasteiger charge is -2.27. The van der Waals surface area contributed by atoms with Crippen LogP contribution in [0.5, 0.6) is 0 Å². The Hall–Kier alpha value is -2.95. The number of nitrogens with zero attached hydrogens (tertiary/aromatic N) is 5. The summed E-state index contributed by atoms with van der Waals surface area (Å²) in [5.41, 5.74) is 2.71. The molecule has 2 aromatic heterocycles. The molecule has 0 fully saturated rings. The van der Waals surface area contributed by atoms with E-state index in [0.717, 1.165) is 31.1 Å². The van der Waals surface area contributed by atoms with Gasteiger partial charge in [-0.15, -0.1) is 0 Å². The molecule has 0 saturated heterocycles. The summed E-state index contributed by atoms with van der Waals surface area (Å²) in [5.74, 6) is 1.63. The second kappa shape index (κ2) is 6.04. The van der Waals surface area contributed by atoms with Crippen LogP contribution >= 0.6 is 0 Å². The van der Waals surface area contributed by atoms with Crippen molar-refractivity contribution in [2.75, 3.05) is 18.0 Å². The zero-order valence-corrected chi connectivity index (χ0v) is 12.7. The Bertz CT molecular complexity index is 808. The monoisotopic (exact) mass is 303 g/mol. The van der Waals surface area contributed by atoms with Crippen molar-refractivity contribution in [3.05, 3.63) is 72.8 Å². The summed E-state index contributed by atoms with van der Waals surface area (Å²) in [7, 11) is 0. The molecule has 1 aliphatic heterocycles. The molecule has 0 aliphatic carbocycles. The quantitative estimate of drug-likeness (QED) is 0.746. The summed E-state index contributed by atoms with van der Waals surface area (Å²) < 4.78 is 1.73. The molecular formula is C18H17N5. The van der Waals surface area contributed by atoms with Gasteiger partial charge in [-0.2, -0.15) is 5.10 Å². The Morgan fingerprint density at radius 1 is 0.957 bits per heavy atom. The molecule has 0 saturated carbocycles. The first-order valence-electron chi connectivity index (χ1n) is 7.71. The van der Waals surface area contributed by atoms with E-state index < -0.39 is 0 Å². The summed E-state index contributed by atoms with van der Waals surface area (Å²) in [6.07, 6.45) is 10.4. The third kappa shape index (κ3) is 2.85. The van der Waals surface area contributed by atoms with E-state index in [1.807, 2.05) is 18.5 Å². The van der Waals surface area contributed by atoms with Gasteiger partial charge in [-0.1, -0.05) is 36.4 Å². The number of hydrogen-bond acceptors (Lipinski definition) is 4. The standard InChI is InChI=1S/C18H17N5/c1-2-5-15(6-3-1)16-7-11-22(12-8-16)17-13-19-14-18(21-17)23-10-4-9-20-23/h1-7,9-10,13-14H,8,11-12H2.